The van der Waals surface area contributed by atoms with Crippen molar-refractivity contribution in [2.24, 2.45) is 7.05 Å². The number of aryl methyl sites for hydroxylation is 1. The van der Waals surface area contributed by atoms with Crippen LogP contribution in [0.4, 0.5) is 0 Å². The van der Waals surface area contributed by atoms with Crippen LogP contribution in [0.2, 0.25) is 0 Å². The first kappa shape index (κ1) is 20.3. The topological polar surface area (TPSA) is 41.4 Å². The summed E-state index contributed by atoms with van der Waals surface area (Å²) in [5.41, 5.74) is 2.93. The molecule has 0 N–H and O–H groups in total. The SMILES string of the molecule is Cn1nc(C(C)(C)C)cc1C(=O)N1CCCN(Cc2cccc(I)c2)CC1. The van der Waals surface area contributed by atoms with Crippen molar-refractivity contribution in [3.63, 3.8) is 0 Å². The van der Waals surface area contributed by atoms with Gasteiger partial charge in [-0.2, -0.15) is 5.10 Å². The molecule has 1 aliphatic rings. The van der Waals surface area contributed by atoms with Crippen molar-refractivity contribution in [1.82, 2.24) is 19.6 Å². The molecule has 1 saturated heterocycles. The van der Waals surface area contributed by atoms with Crippen molar-refractivity contribution < 1.29 is 4.79 Å². The first-order valence-electron chi connectivity index (χ1n) is 9.54. The molecule has 3 rings (SSSR count). The zero-order valence-corrected chi connectivity index (χ0v) is 18.9. The lowest BCUT2D eigenvalue weighted by Gasteiger charge is -2.22. The van der Waals surface area contributed by atoms with Gasteiger partial charge in [0.15, 0.2) is 0 Å². The molecule has 27 heavy (non-hydrogen) atoms. The first-order chi connectivity index (χ1) is 12.7. The van der Waals surface area contributed by atoms with Crippen molar-refractivity contribution in [2.45, 2.75) is 39.2 Å². The van der Waals surface area contributed by atoms with Crippen molar-refractivity contribution in [3.05, 3.63) is 50.9 Å². The molecule has 0 radical (unpaired) electrons. The molecular weight excluding hydrogens is 451 g/mol. The average Bonchev–Trinajstić information content (AvgIpc) is 2.84. The van der Waals surface area contributed by atoms with Crippen LogP contribution in [0.3, 0.4) is 0 Å². The van der Waals surface area contributed by atoms with Crippen LogP contribution in [-0.2, 0) is 19.0 Å². The number of hydrogen-bond acceptors (Lipinski definition) is 3. The van der Waals surface area contributed by atoms with Crippen LogP contribution in [-0.4, -0.2) is 51.7 Å². The molecule has 2 heterocycles. The fourth-order valence-electron chi connectivity index (χ4n) is 3.42. The summed E-state index contributed by atoms with van der Waals surface area (Å²) in [7, 11) is 1.86. The highest BCUT2D eigenvalue weighted by Crippen LogP contribution is 2.22. The number of benzene rings is 1. The van der Waals surface area contributed by atoms with Gasteiger partial charge in [0.2, 0.25) is 0 Å². The Hall–Kier alpha value is -1.41. The summed E-state index contributed by atoms with van der Waals surface area (Å²) >= 11 is 2.36. The average molecular weight is 480 g/mol. The van der Waals surface area contributed by atoms with Crippen molar-refractivity contribution in [1.29, 1.82) is 0 Å². The Balaban J connectivity index is 1.65. The molecule has 0 saturated carbocycles. The molecule has 6 heteroatoms. The minimum absolute atomic E-state index is 0.0565. The second-order valence-electron chi connectivity index (χ2n) is 8.34. The van der Waals surface area contributed by atoms with E-state index in [0.717, 1.165) is 44.8 Å². The van der Waals surface area contributed by atoms with Gasteiger partial charge in [-0.3, -0.25) is 14.4 Å². The van der Waals surface area contributed by atoms with E-state index in [4.69, 9.17) is 0 Å². The maximum atomic E-state index is 13.1. The van der Waals surface area contributed by atoms with E-state index in [-0.39, 0.29) is 11.3 Å². The van der Waals surface area contributed by atoms with E-state index in [1.165, 1.54) is 9.13 Å². The lowest BCUT2D eigenvalue weighted by molar-refractivity contribution is 0.0750. The second kappa shape index (κ2) is 8.31. The minimum Gasteiger partial charge on any atom is -0.336 e. The summed E-state index contributed by atoms with van der Waals surface area (Å²) in [5, 5.41) is 4.56. The normalized spacial score (nSPS) is 16.4. The van der Waals surface area contributed by atoms with Crippen molar-refractivity contribution >= 4 is 28.5 Å². The lowest BCUT2D eigenvalue weighted by Crippen LogP contribution is -2.36. The van der Waals surface area contributed by atoms with Gasteiger partial charge in [0.25, 0.3) is 5.91 Å². The Bertz CT molecular complexity index is 809. The Kier molecular flexibility index (Phi) is 6.25. The van der Waals surface area contributed by atoms with Crippen LogP contribution >= 0.6 is 22.6 Å². The lowest BCUT2D eigenvalue weighted by atomic mass is 9.92. The zero-order valence-electron chi connectivity index (χ0n) is 16.7. The zero-order chi connectivity index (χ0) is 19.6. The number of carbonyl (C=O) groups excluding carboxylic acids is 1. The fourth-order valence-corrected chi connectivity index (χ4v) is 4.03. The number of nitrogens with zero attached hydrogens (tertiary/aromatic N) is 4. The number of aromatic nitrogens is 2. The predicted octanol–water partition coefficient (Wildman–Crippen LogP) is 3.67. The highest BCUT2D eigenvalue weighted by molar-refractivity contribution is 14.1. The molecule has 1 amide bonds. The van der Waals surface area contributed by atoms with Gasteiger partial charge in [-0.05, 0) is 52.8 Å². The molecule has 2 aromatic rings. The monoisotopic (exact) mass is 480 g/mol. The highest BCUT2D eigenvalue weighted by atomic mass is 127. The molecule has 5 nitrogen and oxygen atoms in total. The number of carbonyl (C=O) groups is 1. The summed E-state index contributed by atoms with van der Waals surface area (Å²) < 4.78 is 3.00. The van der Waals surface area contributed by atoms with Gasteiger partial charge in [0.05, 0.1) is 5.69 Å². The quantitative estimate of drug-likeness (QED) is 0.630. The molecule has 0 spiro atoms. The van der Waals surface area contributed by atoms with Gasteiger partial charge in [0, 0.05) is 48.8 Å². The molecule has 146 valence electrons. The van der Waals surface area contributed by atoms with Crippen molar-refractivity contribution in [2.75, 3.05) is 26.2 Å². The number of halogens is 1. The predicted molar refractivity (Wildman–Crippen MR) is 117 cm³/mol. The largest absolute Gasteiger partial charge is 0.336 e. The van der Waals surface area contributed by atoms with E-state index in [2.05, 4.69) is 77.6 Å². The Morgan fingerprint density at radius 1 is 1.15 bits per heavy atom. The first-order valence-corrected chi connectivity index (χ1v) is 10.6. The Labute approximate surface area is 175 Å². The van der Waals surface area contributed by atoms with Crippen LogP contribution in [0.5, 0.6) is 0 Å². The molecule has 1 aromatic heterocycles. The molecule has 0 bridgehead atoms. The highest BCUT2D eigenvalue weighted by Gasteiger charge is 2.26. The summed E-state index contributed by atoms with van der Waals surface area (Å²) in [6.07, 6.45) is 1.000. The number of hydrogen-bond donors (Lipinski definition) is 0. The van der Waals surface area contributed by atoms with Gasteiger partial charge in [-0.1, -0.05) is 32.9 Å². The van der Waals surface area contributed by atoms with Gasteiger partial charge >= 0.3 is 0 Å². The van der Waals surface area contributed by atoms with Gasteiger partial charge in [-0.15, -0.1) is 0 Å². The van der Waals surface area contributed by atoms with Crippen LogP contribution in [0, 0.1) is 3.57 Å². The third kappa shape index (κ3) is 5.10. The standard InChI is InChI=1S/C21H29IN4O/c1-21(2,3)19-14-18(24(4)23-19)20(27)26-10-6-9-25(11-12-26)15-16-7-5-8-17(22)13-16/h5,7-8,13-14H,6,9-12,15H2,1-4H3. The number of rotatable bonds is 3. The fraction of sp³-hybridized carbons (Fsp3) is 0.524. The molecule has 1 fully saturated rings. The van der Waals surface area contributed by atoms with E-state index >= 15 is 0 Å². The van der Waals surface area contributed by atoms with E-state index in [9.17, 15) is 4.79 Å². The minimum atomic E-state index is -0.0565. The maximum absolute atomic E-state index is 13.1. The van der Waals surface area contributed by atoms with E-state index in [1.54, 1.807) is 4.68 Å². The van der Waals surface area contributed by atoms with Crippen LogP contribution in [0.15, 0.2) is 30.3 Å². The van der Waals surface area contributed by atoms with Crippen molar-refractivity contribution in [3.8, 4) is 0 Å². The van der Waals surface area contributed by atoms with Gasteiger partial charge < -0.3 is 4.90 Å². The smallest absolute Gasteiger partial charge is 0.272 e. The molecule has 1 aliphatic heterocycles. The molecule has 0 aliphatic carbocycles. The molecule has 1 aromatic carbocycles. The summed E-state index contributed by atoms with van der Waals surface area (Å²) in [6.45, 7) is 10.8. The summed E-state index contributed by atoms with van der Waals surface area (Å²) in [5.74, 6) is 0.0941. The van der Waals surface area contributed by atoms with Crippen LogP contribution in [0.1, 0.15) is 48.9 Å². The number of amides is 1. The Morgan fingerprint density at radius 3 is 2.59 bits per heavy atom. The maximum Gasteiger partial charge on any atom is 0.272 e. The third-order valence-corrected chi connectivity index (χ3v) is 5.71. The van der Waals surface area contributed by atoms with E-state index in [0.29, 0.717) is 5.69 Å². The van der Waals surface area contributed by atoms with Crippen LogP contribution < -0.4 is 0 Å². The molecule has 0 atom stereocenters. The summed E-state index contributed by atoms with van der Waals surface area (Å²) in [6, 6.07) is 10.6. The van der Waals surface area contributed by atoms with Gasteiger partial charge in [0.1, 0.15) is 5.69 Å². The molecule has 0 unspecified atom stereocenters. The van der Waals surface area contributed by atoms with E-state index < -0.39 is 0 Å². The second-order valence-corrected chi connectivity index (χ2v) is 9.59. The summed E-state index contributed by atoms with van der Waals surface area (Å²) in [4.78, 5) is 17.5. The molecular formula is C21H29IN4O. The van der Waals surface area contributed by atoms with E-state index in [1.807, 2.05) is 18.0 Å². The Morgan fingerprint density at radius 2 is 1.93 bits per heavy atom. The van der Waals surface area contributed by atoms with Gasteiger partial charge in [-0.25, -0.2) is 0 Å². The van der Waals surface area contributed by atoms with Crippen LogP contribution in [0.25, 0.3) is 0 Å². The third-order valence-electron chi connectivity index (χ3n) is 5.04.